The normalized spacial score (nSPS) is 14.8. The zero-order chi connectivity index (χ0) is 14.1. The number of hydrogen-bond acceptors (Lipinski definition) is 2. The molecule has 2 aromatic rings. The second kappa shape index (κ2) is 5.21. The van der Waals surface area contributed by atoms with Crippen LogP contribution in [0, 0.1) is 10.1 Å². The van der Waals surface area contributed by atoms with E-state index >= 15 is 0 Å². The predicted molar refractivity (Wildman–Crippen MR) is 83.9 cm³/mol. The van der Waals surface area contributed by atoms with E-state index in [2.05, 4.69) is 15.9 Å². The van der Waals surface area contributed by atoms with Crippen molar-refractivity contribution < 1.29 is 4.92 Å². The molecule has 3 nitrogen and oxygen atoms in total. The lowest BCUT2D eigenvalue weighted by Crippen LogP contribution is -2.05. The van der Waals surface area contributed by atoms with Gasteiger partial charge in [-0.15, -0.1) is 0 Å². The van der Waals surface area contributed by atoms with Gasteiger partial charge >= 0.3 is 0 Å². The lowest BCUT2D eigenvalue weighted by Gasteiger charge is -2.13. The molecule has 0 saturated heterocycles. The highest BCUT2D eigenvalue weighted by Crippen LogP contribution is 2.35. The predicted octanol–water partition coefficient (Wildman–Crippen LogP) is 4.94. The average molecular weight is 330 g/mol. The molecule has 0 heterocycles. The molecule has 0 aliphatic heterocycles. The highest BCUT2D eigenvalue weighted by molar-refractivity contribution is 9.10. The van der Waals surface area contributed by atoms with Gasteiger partial charge in [-0.2, -0.15) is 0 Å². The van der Waals surface area contributed by atoms with Crippen LogP contribution in [0.4, 0.5) is 0 Å². The molecule has 0 spiro atoms. The first-order chi connectivity index (χ1) is 9.68. The van der Waals surface area contributed by atoms with Crippen LogP contribution in [0.3, 0.4) is 0 Å². The van der Waals surface area contributed by atoms with Crippen LogP contribution in [-0.2, 0) is 0 Å². The van der Waals surface area contributed by atoms with Crippen molar-refractivity contribution in [3.63, 3.8) is 0 Å². The molecule has 0 N–H and O–H groups in total. The Morgan fingerprint density at radius 2 is 1.70 bits per heavy atom. The Hall–Kier alpha value is -1.94. The van der Waals surface area contributed by atoms with Crippen molar-refractivity contribution in [1.29, 1.82) is 0 Å². The molecule has 0 unspecified atom stereocenters. The Labute approximate surface area is 124 Å². The summed E-state index contributed by atoms with van der Waals surface area (Å²) >= 11 is 3.53. The smallest absolute Gasteiger partial charge is 0.258 e. The summed E-state index contributed by atoms with van der Waals surface area (Å²) in [6, 6.07) is 11.8. The van der Waals surface area contributed by atoms with Crippen molar-refractivity contribution in [1.82, 2.24) is 0 Å². The molecule has 0 radical (unpaired) electrons. The van der Waals surface area contributed by atoms with Crippen LogP contribution in [0.2, 0.25) is 0 Å². The topological polar surface area (TPSA) is 43.1 Å². The lowest BCUT2D eigenvalue weighted by atomic mass is 9.92. The number of halogens is 1. The Morgan fingerprint density at radius 1 is 1.00 bits per heavy atom. The Morgan fingerprint density at radius 3 is 2.45 bits per heavy atom. The third-order valence-corrected chi connectivity index (χ3v) is 4.18. The number of allylic oxidation sites excluding steroid dienone is 3. The highest BCUT2D eigenvalue weighted by Gasteiger charge is 2.22. The van der Waals surface area contributed by atoms with Crippen LogP contribution in [0.1, 0.15) is 18.4 Å². The molecule has 0 amide bonds. The highest BCUT2D eigenvalue weighted by atomic mass is 79.9. The molecule has 4 heteroatoms. The number of rotatable bonds is 2. The molecule has 1 aliphatic rings. The molecule has 0 aromatic heterocycles. The summed E-state index contributed by atoms with van der Waals surface area (Å²) in [4.78, 5) is 10.9. The molecular formula is C16H12BrNO2. The van der Waals surface area contributed by atoms with Crippen LogP contribution in [0.25, 0.3) is 16.3 Å². The van der Waals surface area contributed by atoms with Gasteiger partial charge in [-0.1, -0.05) is 52.3 Å². The van der Waals surface area contributed by atoms with Gasteiger partial charge in [0.2, 0.25) is 0 Å². The maximum atomic E-state index is 11.2. The van der Waals surface area contributed by atoms with E-state index in [4.69, 9.17) is 0 Å². The van der Waals surface area contributed by atoms with E-state index in [1.54, 1.807) is 6.08 Å². The molecule has 2 aromatic carbocycles. The Balaban J connectivity index is 2.25. The minimum Gasteiger partial charge on any atom is -0.258 e. The van der Waals surface area contributed by atoms with Gasteiger partial charge in [0, 0.05) is 4.47 Å². The fourth-order valence-electron chi connectivity index (χ4n) is 2.58. The van der Waals surface area contributed by atoms with Crippen LogP contribution in [0.15, 0.2) is 58.7 Å². The summed E-state index contributed by atoms with van der Waals surface area (Å²) in [5.41, 5.74) is 1.86. The number of benzene rings is 2. The zero-order valence-electron chi connectivity index (χ0n) is 10.7. The molecule has 0 bridgehead atoms. The lowest BCUT2D eigenvalue weighted by molar-refractivity contribution is -0.417. The van der Waals surface area contributed by atoms with Gasteiger partial charge < -0.3 is 0 Å². The van der Waals surface area contributed by atoms with Gasteiger partial charge in [0.05, 0.1) is 10.5 Å². The first kappa shape index (κ1) is 13.1. The molecular weight excluding hydrogens is 318 g/mol. The first-order valence-corrected chi connectivity index (χ1v) is 7.20. The van der Waals surface area contributed by atoms with Crippen molar-refractivity contribution >= 4 is 32.3 Å². The molecule has 100 valence electrons. The number of hydrogen-bond donors (Lipinski definition) is 0. The van der Waals surface area contributed by atoms with E-state index in [0.29, 0.717) is 0 Å². The summed E-state index contributed by atoms with van der Waals surface area (Å²) in [5, 5.41) is 13.3. The van der Waals surface area contributed by atoms with Crippen molar-refractivity contribution in [3.8, 4) is 0 Å². The summed E-state index contributed by atoms with van der Waals surface area (Å²) in [6.07, 6.45) is 5.26. The average Bonchev–Trinajstić information content (AvgIpc) is 2.48. The van der Waals surface area contributed by atoms with Gasteiger partial charge in [0.15, 0.2) is 0 Å². The molecule has 3 rings (SSSR count). The molecule has 1 aliphatic carbocycles. The number of fused-ring (bicyclic) bond motifs is 1. The van der Waals surface area contributed by atoms with Crippen molar-refractivity contribution in [3.05, 3.63) is 74.4 Å². The van der Waals surface area contributed by atoms with E-state index in [1.807, 2.05) is 42.5 Å². The zero-order valence-corrected chi connectivity index (χ0v) is 12.3. The van der Waals surface area contributed by atoms with E-state index < -0.39 is 0 Å². The van der Waals surface area contributed by atoms with Gasteiger partial charge in [-0.25, -0.2) is 0 Å². The van der Waals surface area contributed by atoms with Crippen molar-refractivity contribution in [2.75, 3.05) is 0 Å². The molecule has 0 fully saturated rings. The van der Waals surface area contributed by atoms with E-state index in [0.717, 1.165) is 39.2 Å². The summed E-state index contributed by atoms with van der Waals surface area (Å²) < 4.78 is 1.000. The van der Waals surface area contributed by atoms with Gasteiger partial charge in [0.25, 0.3) is 5.70 Å². The SMILES string of the molecule is O=[N+]([O-])C1=CCCC=C1c1ccc(Br)c2ccccc12. The molecule has 20 heavy (non-hydrogen) atoms. The van der Waals surface area contributed by atoms with E-state index in [9.17, 15) is 10.1 Å². The second-order valence-corrected chi connectivity index (χ2v) is 5.54. The summed E-state index contributed by atoms with van der Waals surface area (Å²) in [5.74, 6) is 0. The molecule has 0 atom stereocenters. The third kappa shape index (κ3) is 2.16. The van der Waals surface area contributed by atoms with Crippen LogP contribution >= 0.6 is 15.9 Å². The van der Waals surface area contributed by atoms with E-state index in [1.165, 1.54) is 0 Å². The van der Waals surface area contributed by atoms with Gasteiger partial charge in [0.1, 0.15) is 0 Å². The maximum Gasteiger partial charge on any atom is 0.272 e. The van der Waals surface area contributed by atoms with Crippen molar-refractivity contribution in [2.24, 2.45) is 0 Å². The largest absolute Gasteiger partial charge is 0.272 e. The second-order valence-electron chi connectivity index (χ2n) is 4.68. The monoisotopic (exact) mass is 329 g/mol. The summed E-state index contributed by atoms with van der Waals surface area (Å²) in [7, 11) is 0. The fraction of sp³-hybridized carbons (Fsp3) is 0.125. The van der Waals surface area contributed by atoms with Crippen LogP contribution < -0.4 is 0 Å². The standard InChI is InChI=1S/C16H12BrNO2/c17-15-10-9-12(11-5-1-2-6-13(11)15)14-7-3-4-8-16(14)18(19)20/h1-2,5-10H,3-4H2. The Kier molecular flexibility index (Phi) is 3.40. The van der Waals surface area contributed by atoms with Crippen LogP contribution in [-0.4, -0.2) is 4.92 Å². The minimum absolute atomic E-state index is 0.212. The minimum atomic E-state index is -0.290. The fourth-order valence-corrected chi connectivity index (χ4v) is 3.06. The third-order valence-electron chi connectivity index (χ3n) is 3.49. The quantitative estimate of drug-likeness (QED) is 0.578. The number of nitrogens with zero attached hydrogens (tertiary/aromatic N) is 1. The van der Waals surface area contributed by atoms with Gasteiger partial charge in [-0.05, 0) is 41.3 Å². The van der Waals surface area contributed by atoms with Crippen molar-refractivity contribution in [2.45, 2.75) is 12.8 Å². The van der Waals surface area contributed by atoms with Crippen LogP contribution in [0.5, 0.6) is 0 Å². The maximum absolute atomic E-state index is 11.2. The summed E-state index contributed by atoms with van der Waals surface area (Å²) in [6.45, 7) is 0. The number of nitro groups is 1. The molecule has 0 saturated carbocycles. The first-order valence-electron chi connectivity index (χ1n) is 6.41. The van der Waals surface area contributed by atoms with E-state index in [-0.39, 0.29) is 10.6 Å². The Bertz CT molecular complexity index is 762. The van der Waals surface area contributed by atoms with Gasteiger partial charge in [-0.3, -0.25) is 10.1 Å².